The van der Waals surface area contributed by atoms with E-state index < -0.39 is 6.10 Å². The number of hydrogen-bond acceptors (Lipinski definition) is 2. The van der Waals surface area contributed by atoms with Crippen LogP contribution in [0.4, 0.5) is 0 Å². The van der Waals surface area contributed by atoms with Crippen molar-refractivity contribution in [2.24, 2.45) is 0 Å². The van der Waals surface area contributed by atoms with Crippen LogP contribution >= 0.6 is 0 Å². The molecule has 0 bridgehead atoms. The van der Waals surface area contributed by atoms with Crippen LogP contribution in [0.25, 0.3) is 0 Å². The first-order valence-electron chi connectivity index (χ1n) is 2.36. The van der Waals surface area contributed by atoms with Crippen LogP contribution in [-0.2, 0) is 9.53 Å². The van der Waals surface area contributed by atoms with E-state index >= 15 is 0 Å². The van der Waals surface area contributed by atoms with Gasteiger partial charge in [-0.15, -0.1) is 0 Å². The largest absolute Gasteiger partial charge is 0.344 e. The molecule has 1 N–H and O–H groups in total. The summed E-state index contributed by atoms with van der Waals surface area (Å²) in [5, 5.41) is 2.49. The van der Waals surface area contributed by atoms with E-state index in [2.05, 4.69) is 11.9 Å². The molecule has 1 unspecified atom stereocenters. The summed E-state index contributed by atoms with van der Waals surface area (Å²) in [4.78, 5) is 10.5. The zero-order chi connectivity index (χ0) is 5.98. The van der Waals surface area contributed by atoms with Crippen molar-refractivity contribution < 1.29 is 9.53 Å². The molecule has 1 rings (SSSR count). The van der Waals surface area contributed by atoms with Crippen LogP contribution in [0.3, 0.4) is 0 Å². The molecular formula is C5H7NO2. The molecule has 1 heterocycles. The van der Waals surface area contributed by atoms with Gasteiger partial charge in [0.05, 0.1) is 0 Å². The minimum atomic E-state index is -0.421. The van der Waals surface area contributed by atoms with Crippen LogP contribution in [0.2, 0.25) is 0 Å². The van der Waals surface area contributed by atoms with Crippen LogP contribution in [0.1, 0.15) is 0 Å². The first-order chi connectivity index (χ1) is 3.84. The molecule has 1 saturated heterocycles. The number of carbonyl (C=O) groups excluding carboxylic acids is 1. The maximum atomic E-state index is 10.5. The van der Waals surface area contributed by atoms with E-state index in [0.29, 0.717) is 6.73 Å². The molecule has 0 radical (unpaired) electrons. The molecule has 0 aromatic carbocycles. The van der Waals surface area contributed by atoms with Crippen LogP contribution in [-0.4, -0.2) is 18.7 Å². The molecule has 0 aromatic heterocycles. The molecule has 1 amide bonds. The summed E-state index contributed by atoms with van der Waals surface area (Å²) >= 11 is 0. The van der Waals surface area contributed by atoms with Crippen LogP contribution < -0.4 is 5.32 Å². The fraction of sp³-hybridized carbons (Fsp3) is 0.400. The highest BCUT2D eigenvalue weighted by Gasteiger charge is 2.20. The van der Waals surface area contributed by atoms with E-state index in [-0.39, 0.29) is 5.91 Å². The van der Waals surface area contributed by atoms with Crippen molar-refractivity contribution in [2.75, 3.05) is 6.73 Å². The third-order valence-electron chi connectivity index (χ3n) is 0.982. The molecule has 0 aromatic rings. The second kappa shape index (κ2) is 1.96. The first kappa shape index (κ1) is 5.31. The molecule has 3 heteroatoms. The summed E-state index contributed by atoms with van der Waals surface area (Å²) in [5.74, 6) is -0.0972. The molecule has 1 aliphatic heterocycles. The molecule has 0 saturated carbocycles. The van der Waals surface area contributed by atoms with Crippen molar-refractivity contribution in [1.29, 1.82) is 0 Å². The standard InChI is InChI=1S/C5H7NO2/c1-2-4-5(7)6-3-8-4/h2,4H,1,3H2,(H,6,7). The van der Waals surface area contributed by atoms with Crippen molar-refractivity contribution in [3.63, 3.8) is 0 Å². The van der Waals surface area contributed by atoms with Gasteiger partial charge >= 0.3 is 0 Å². The Labute approximate surface area is 47.3 Å². The Hall–Kier alpha value is -0.830. The van der Waals surface area contributed by atoms with E-state index in [4.69, 9.17) is 4.74 Å². The summed E-state index contributed by atoms with van der Waals surface area (Å²) in [6.07, 6.45) is 1.05. The Balaban J connectivity index is 2.54. The summed E-state index contributed by atoms with van der Waals surface area (Å²) in [7, 11) is 0. The maximum Gasteiger partial charge on any atom is 0.254 e. The van der Waals surface area contributed by atoms with Crippen molar-refractivity contribution in [2.45, 2.75) is 6.10 Å². The number of amides is 1. The topological polar surface area (TPSA) is 38.3 Å². The third kappa shape index (κ3) is 0.721. The highest BCUT2D eigenvalue weighted by molar-refractivity contribution is 5.83. The Morgan fingerprint density at radius 3 is 3.00 bits per heavy atom. The molecule has 3 nitrogen and oxygen atoms in total. The molecule has 1 aliphatic rings. The van der Waals surface area contributed by atoms with Crippen LogP contribution in [0, 0.1) is 0 Å². The molecular weight excluding hydrogens is 106 g/mol. The summed E-state index contributed by atoms with van der Waals surface area (Å²) < 4.78 is 4.84. The second-order valence-corrected chi connectivity index (χ2v) is 1.51. The lowest BCUT2D eigenvalue weighted by molar-refractivity contribution is -0.121. The molecule has 1 fully saturated rings. The number of rotatable bonds is 1. The van der Waals surface area contributed by atoms with Crippen molar-refractivity contribution in [3.8, 4) is 0 Å². The van der Waals surface area contributed by atoms with Gasteiger partial charge in [0.2, 0.25) is 0 Å². The average Bonchev–Trinajstić information content (AvgIpc) is 2.14. The predicted molar refractivity (Wildman–Crippen MR) is 28.1 cm³/mol. The van der Waals surface area contributed by atoms with Crippen LogP contribution in [0.5, 0.6) is 0 Å². The number of ether oxygens (including phenoxy) is 1. The monoisotopic (exact) mass is 113 g/mol. The van der Waals surface area contributed by atoms with Gasteiger partial charge in [-0.05, 0) is 0 Å². The Morgan fingerprint density at radius 2 is 2.75 bits per heavy atom. The zero-order valence-electron chi connectivity index (χ0n) is 4.39. The van der Waals surface area contributed by atoms with E-state index in [1.807, 2.05) is 0 Å². The lowest BCUT2D eigenvalue weighted by Gasteiger charge is -1.93. The molecule has 1 atom stereocenters. The van der Waals surface area contributed by atoms with Gasteiger partial charge in [0.15, 0.2) is 6.10 Å². The van der Waals surface area contributed by atoms with Crippen molar-refractivity contribution >= 4 is 5.91 Å². The van der Waals surface area contributed by atoms with Crippen molar-refractivity contribution in [3.05, 3.63) is 12.7 Å². The highest BCUT2D eigenvalue weighted by Crippen LogP contribution is 1.97. The zero-order valence-corrected chi connectivity index (χ0v) is 4.39. The third-order valence-corrected chi connectivity index (χ3v) is 0.982. The van der Waals surface area contributed by atoms with Gasteiger partial charge in [0, 0.05) is 0 Å². The lowest BCUT2D eigenvalue weighted by Crippen LogP contribution is -2.21. The van der Waals surface area contributed by atoms with Gasteiger partial charge in [-0.2, -0.15) is 0 Å². The Kier molecular flexibility index (Phi) is 1.30. The highest BCUT2D eigenvalue weighted by atomic mass is 16.5. The normalized spacial score (nSPS) is 27.5. The predicted octanol–water partition coefficient (Wildman–Crippen LogP) is -0.355. The number of hydrogen-bond donors (Lipinski definition) is 1. The fourth-order valence-electron chi connectivity index (χ4n) is 0.554. The smallest absolute Gasteiger partial charge is 0.254 e. The van der Waals surface area contributed by atoms with Gasteiger partial charge in [-0.1, -0.05) is 12.7 Å². The van der Waals surface area contributed by atoms with E-state index in [0.717, 1.165) is 0 Å². The SMILES string of the molecule is C=CC1OCNC1=O. The maximum absolute atomic E-state index is 10.5. The van der Waals surface area contributed by atoms with E-state index in [9.17, 15) is 4.79 Å². The first-order valence-corrected chi connectivity index (χ1v) is 2.36. The Morgan fingerprint density at radius 1 is 2.00 bits per heavy atom. The quantitative estimate of drug-likeness (QED) is 0.472. The van der Waals surface area contributed by atoms with E-state index in [1.54, 1.807) is 0 Å². The fourth-order valence-corrected chi connectivity index (χ4v) is 0.554. The Bertz CT molecular complexity index is 122. The minimum absolute atomic E-state index is 0.0972. The summed E-state index contributed by atoms with van der Waals surface area (Å²) in [5.41, 5.74) is 0. The number of nitrogens with one attached hydrogen (secondary N) is 1. The summed E-state index contributed by atoms with van der Waals surface area (Å²) in [6, 6.07) is 0. The average molecular weight is 113 g/mol. The second-order valence-electron chi connectivity index (χ2n) is 1.51. The number of carbonyl (C=O) groups is 1. The molecule has 8 heavy (non-hydrogen) atoms. The summed E-state index contributed by atoms with van der Waals surface area (Å²) in [6.45, 7) is 3.72. The van der Waals surface area contributed by atoms with Crippen LogP contribution in [0.15, 0.2) is 12.7 Å². The van der Waals surface area contributed by atoms with E-state index in [1.165, 1.54) is 6.08 Å². The van der Waals surface area contributed by atoms with Gasteiger partial charge in [0.25, 0.3) is 5.91 Å². The molecule has 0 spiro atoms. The van der Waals surface area contributed by atoms with Gasteiger partial charge in [0.1, 0.15) is 6.73 Å². The molecule has 0 aliphatic carbocycles. The lowest BCUT2D eigenvalue weighted by atomic mass is 10.3. The minimum Gasteiger partial charge on any atom is -0.344 e. The van der Waals surface area contributed by atoms with Crippen molar-refractivity contribution in [1.82, 2.24) is 5.32 Å². The van der Waals surface area contributed by atoms with Gasteiger partial charge in [-0.25, -0.2) is 0 Å². The van der Waals surface area contributed by atoms with Gasteiger partial charge < -0.3 is 10.1 Å². The molecule has 44 valence electrons. The van der Waals surface area contributed by atoms with Gasteiger partial charge in [-0.3, -0.25) is 4.79 Å².